The van der Waals surface area contributed by atoms with Crippen LogP contribution in [0.15, 0.2) is 49.1 Å². The van der Waals surface area contributed by atoms with Gasteiger partial charge < -0.3 is 45.9 Å². The van der Waals surface area contributed by atoms with Crippen LogP contribution < -0.4 is 26.6 Å². The summed E-state index contributed by atoms with van der Waals surface area (Å²) in [6.07, 6.45) is 7.77. The first-order valence-electron chi connectivity index (χ1n) is 25.5. The van der Waals surface area contributed by atoms with Crippen molar-refractivity contribution in [1.82, 2.24) is 46.0 Å². The third-order valence-corrected chi connectivity index (χ3v) is 14.3. The number of rotatable bonds is 23. The maximum absolute atomic E-state index is 14.0. The highest BCUT2D eigenvalue weighted by Crippen LogP contribution is 2.37. The average molecular weight is 993 g/mol. The topological polar surface area (TPSA) is 209 Å². The molecule has 0 unspecified atom stereocenters. The molecule has 6 atom stereocenters. The Labute approximate surface area is 413 Å². The first kappa shape index (κ1) is 53.3. The zero-order valence-electron chi connectivity index (χ0n) is 41.2. The Morgan fingerprint density at radius 2 is 1.62 bits per heavy atom. The Balaban J connectivity index is 0.770. The number of alkyl halides is 3. The van der Waals surface area contributed by atoms with Gasteiger partial charge >= 0.3 is 6.18 Å². The van der Waals surface area contributed by atoms with Crippen molar-refractivity contribution in [1.29, 1.82) is 0 Å². The van der Waals surface area contributed by atoms with Crippen LogP contribution in [0.25, 0.3) is 10.9 Å². The predicted molar refractivity (Wildman–Crippen MR) is 259 cm³/mol. The molecule has 2 aliphatic carbocycles. The quantitative estimate of drug-likeness (QED) is 0.0767. The van der Waals surface area contributed by atoms with E-state index in [9.17, 15) is 37.1 Å². The van der Waals surface area contributed by atoms with Crippen molar-refractivity contribution in [3.63, 3.8) is 0 Å². The molecule has 1 aromatic carbocycles. The minimum Gasteiger partial charge on any atom is -0.381 e. The first-order chi connectivity index (χ1) is 34.2. The molecule has 0 bridgehead atoms. The summed E-state index contributed by atoms with van der Waals surface area (Å²) in [5, 5.41) is 16.4. The molecule has 3 aromatic rings. The Bertz CT molecular complexity index is 2270. The molecule has 0 spiro atoms. The molecule has 4 heterocycles. The van der Waals surface area contributed by atoms with Gasteiger partial charge in [-0.25, -0.2) is 9.97 Å². The lowest BCUT2D eigenvalue weighted by atomic mass is 9.83. The van der Waals surface area contributed by atoms with Crippen molar-refractivity contribution in [2.75, 3.05) is 58.4 Å². The smallest absolute Gasteiger partial charge is 0.381 e. The molecule has 4 aliphatic rings. The number of hydrogen-bond acceptors (Lipinski definition) is 12. The summed E-state index contributed by atoms with van der Waals surface area (Å²) in [4.78, 5) is 82.0. The van der Waals surface area contributed by atoms with Gasteiger partial charge in [0.05, 0.1) is 35.1 Å². The largest absolute Gasteiger partial charge is 0.416 e. The summed E-state index contributed by atoms with van der Waals surface area (Å²) >= 11 is 0. The van der Waals surface area contributed by atoms with Gasteiger partial charge in [-0.1, -0.05) is 19.9 Å². The number of aromatic nitrogens is 3. The summed E-state index contributed by atoms with van der Waals surface area (Å²) in [5.74, 6) is -0.544. The van der Waals surface area contributed by atoms with Crippen LogP contribution in [0, 0.1) is 17.8 Å². The summed E-state index contributed by atoms with van der Waals surface area (Å²) in [7, 11) is 1.72. The lowest BCUT2D eigenvalue weighted by Gasteiger charge is -2.42. The Morgan fingerprint density at radius 3 is 2.35 bits per heavy atom. The molecule has 4 fully saturated rings. The van der Waals surface area contributed by atoms with E-state index in [2.05, 4.69) is 55.4 Å². The average Bonchev–Trinajstić information content (AvgIpc) is 3.87. The van der Waals surface area contributed by atoms with E-state index in [1.807, 2.05) is 11.0 Å². The molecule has 5 amide bonds. The highest BCUT2D eigenvalue weighted by molar-refractivity contribution is 5.93. The first-order valence-corrected chi connectivity index (χ1v) is 25.5. The van der Waals surface area contributed by atoms with Gasteiger partial charge in [-0.05, 0) is 113 Å². The second-order valence-electron chi connectivity index (χ2n) is 20.0. The number of benzene rings is 1. The zero-order chi connectivity index (χ0) is 50.5. The van der Waals surface area contributed by atoms with Crippen LogP contribution in [0.5, 0.6) is 0 Å². The number of nitrogens with one attached hydrogen (secondary N) is 5. The Morgan fingerprint density at radius 1 is 0.873 bits per heavy atom. The molecule has 5 N–H and O–H groups in total. The number of amides is 5. The predicted octanol–water partition coefficient (Wildman–Crippen LogP) is 5.31. The van der Waals surface area contributed by atoms with E-state index in [1.54, 1.807) is 30.4 Å². The van der Waals surface area contributed by atoms with Crippen molar-refractivity contribution >= 4 is 46.3 Å². The summed E-state index contributed by atoms with van der Waals surface area (Å²) in [6.45, 7) is 7.96. The van der Waals surface area contributed by atoms with Gasteiger partial charge in [0.2, 0.25) is 29.5 Å². The summed E-state index contributed by atoms with van der Waals surface area (Å²) in [5.41, 5.74) is 0.352. The molecule has 71 heavy (non-hydrogen) atoms. The highest BCUT2D eigenvalue weighted by Gasteiger charge is 2.44. The number of anilines is 1. The summed E-state index contributed by atoms with van der Waals surface area (Å²) in [6, 6.07) is 5.56. The fraction of sp³-hybridized carbons (Fsp3) is 0.647. The number of carbonyl (C=O) groups is 5. The second-order valence-corrected chi connectivity index (χ2v) is 20.0. The molecular formula is C51H71F3N10O7. The minimum absolute atomic E-state index is 0.0129. The normalized spacial score (nSPS) is 24.9. The molecule has 388 valence electrons. The highest BCUT2D eigenvalue weighted by atomic mass is 19.4. The van der Waals surface area contributed by atoms with Gasteiger partial charge in [0, 0.05) is 95.2 Å². The van der Waals surface area contributed by atoms with Gasteiger partial charge in [-0.15, -0.1) is 0 Å². The van der Waals surface area contributed by atoms with Crippen molar-refractivity contribution in [3.8, 4) is 0 Å². The number of halogens is 3. The Hall–Kier alpha value is -5.47. The van der Waals surface area contributed by atoms with Gasteiger partial charge in [-0.2, -0.15) is 13.2 Å². The van der Waals surface area contributed by atoms with E-state index in [1.165, 1.54) is 12.4 Å². The maximum Gasteiger partial charge on any atom is 0.416 e. The number of likely N-dealkylation sites (tertiary alicyclic amines) is 2. The van der Waals surface area contributed by atoms with Gasteiger partial charge in [0.25, 0.3) is 0 Å². The van der Waals surface area contributed by atoms with Crippen molar-refractivity contribution in [2.45, 2.75) is 140 Å². The SMILES string of the molecule is CC(C)CN[C@@H]1CC[C@H](N2CC[C@H](Nc3ncnc4ccc(C(F)(F)F)cc34)C2=O)[C@H](NC(=O)C2CCC(NC(=O)CCCOCCCOCCCNC(=O)[C@H]3CC(=O)N(C)[C@@H]3c3cccnc3)CC2)C1. The lowest BCUT2D eigenvalue weighted by molar-refractivity contribution is -0.137. The third kappa shape index (κ3) is 14.6. The van der Waals surface area contributed by atoms with Crippen molar-refractivity contribution in [3.05, 3.63) is 60.2 Å². The van der Waals surface area contributed by atoms with Crippen LogP contribution in [0.1, 0.15) is 114 Å². The molecule has 0 radical (unpaired) electrons. The summed E-state index contributed by atoms with van der Waals surface area (Å²) < 4.78 is 52.2. The standard InChI is InChI=1S/C51H71F3N10O7/c1-32(2)29-57-37-15-17-43(64-21-18-41(50(64)69)61-47-38-26-35(51(52,53)54)12-16-40(38)58-31-59-47)42(27-37)62-48(67)33-10-13-36(14-11-33)60-44(65)9-5-22-70-24-7-25-71-23-6-20-56-49(68)39-28-45(66)63(3)46(39)34-8-4-19-55-30-34/h4,8,12,16,19,26,30-33,36-37,39,41-43,46,57H,5-7,9-11,13-15,17-18,20-25,27-29H2,1-3H3,(H,56,68)(H,60,65)(H,62,67)(H,58,59,61)/t33?,36?,37-,39+,41+,42-,43+,46-/m1/s1. The Kier molecular flexibility index (Phi) is 19.0. The second kappa shape index (κ2) is 25.3. The van der Waals surface area contributed by atoms with Crippen LogP contribution in [-0.2, 0) is 39.6 Å². The fourth-order valence-corrected chi connectivity index (χ4v) is 10.5. The van der Waals surface area contributed by atoms with Crippen LogP contribution in [0.3, 0.4) is 0 Å². The van der Waals surface area contributed by atoms with E-state index in [-0.39, 0.29) is 83.3 Å². The van der Waals surface area contributed by atoms with Crippen LogP contribution in [0.4, 0.5) is 19.0 Å². The van der Waals surface area contributed by atoms with E-state index >= 15 is 0 Å². The van der Waals surface area contributed by atoms with E-state index in [4.69, 9.17) is 9.47 Å². The van der Waals surface area contributed by atoms with E-state index in [0.29, 0.717) is 122 Å². The van der Waals surface area contributed by atoms with Crippen molar-refractivity contribution in [2.24, 2.45) is 17.8 Å². The van der Waals surface area contributed by atoms with Gasteiger partial charge in [-0.3, -0.25) is 29.0 Å². The number of fused-ring (bicyclic) bond motifs is 1. The van der Waals surface area contributed by atoms with E-state index < -0.39 is 23.7 Å². The van der Waals surface area contributed by atoms with Crippen molar-refractivity contribution < 1.29 is 46.6 Å². The minimum atomic E-state index is -4.55. The molecule has 7 rings (SSSR count). The molecular weight excluding hydrogens is 922 g/mol. The molecule has 20 heteroatoms. The number of hydrogen-bond donors (Lipinski definition) is 5. The van der Waals surface area contributed by atoms with Crippen LogP contribution in [0.2, 0.25) is 0 Å². The number of ether oxygens (including phenoxy) is 2. The zero-order valence-corrected chi connectivity index (χ0v) is 41.2. The fourth-order valence-electron chi connectivity index (χ4n) is 10.5. The molecule has 2 aliphatic heterocycles. The lowest BCUT2D eigenvalue weighted by Crippen LogP contribution is -2.59. The monoisotopic (exact) mass is 993 g/mol. The number of nitrogens with zero attached hydrogens (tertiary/aromatic N) is 5. The molecule has 17 nitrogen and oxygen atoms in total. The third-order valence-electron chi connectivity index (χ3n) is 14.3. The van der Waals surface area contributed by atoms with E-state index in [0.717, 1.165) is 30.7 Å². The van der Waals surface area contributed by atoms with Crippen LogP contribution in [-0.4, -0.2) is 138 Å². The van der Waals surface area contributed by atoms with Gasteiger partial charge in [0.15, 0.2) is 0 Å². The van der Waals surface area contributed by atoms with Gasteiger partial charge in [0.1, 0.15) is 18.2 Å². The number of pyridine rings is 1. The molecule has 2 aromatic heterocycles. The molecule has 2 saturated carbocycles. The molecule has 2 saturated heterocycles. The number of carbonyl (C=O) groups excluding carboxylic acids is 5. The van der Waals surface area contributed by atoms with Crippen LogP contribution >= 0.6 is 0 Å². The maximum atomic E-state index is 14.0.